The summed E-state index contributed by atoms with van der Waals surface area (Å²) in [6.45, 7) is 2.00. The fourth-order valence-corrected chi connectivity index (χ4v) is 4.10. The number of halogens is 3. The molecule has 31 heavy (non-hydrogen) atoms. The molecule has 10 heteroatoms. The molecule has 4 heterocycles. The van der Waals surface area contributed by atoms with Crippen LogP contribution in [-0.2, 0) is 0 Å². The number of aliphatic imine (C=N–C) groups is 1. The van der Waals surface area contributed by atoms with Gasteiger partial charge in [0, 0.05) is 36.1 Å². The zero-order valence-electron chi connectivity index (χ0n) is 16.6. The van der Waals surface area contributed by atoms with Crippen LogP contribution in [0.1, 0.15) is 18.2 Å². The number of nitrogens with one attached hydrogen (secondary N) is 1. The fraction of sp³-hybridized carbons (Fsp3) is 0.238. The SMILES string of the molecule is CCSc1cc(-c2ccc(C#N)cn2)cnc1C1=NC2=CC(C(F)(F)F)=CNC2N1C. The molecule has 0 saturated heterocycles. The van der Waals surface area contributed by atoms with Gasteiger partial charge < -0.3 is 10.2 Å². The van der Waals surface area contributed by atoms with Crippen LogP contribution in [0.4, 0.5) is 13.2 Å². The van der Waals surface area contributed by atoms with Crippen molar-refractivity contribution in [2.45, 2.75) is 24.2 Å². The van der Waals surface area contributed by atoms with Crippen molar-refractivity contribution in [3.63, 3.8) is 0 Å². The number of thioether (sulfide) groups is 1. The quantitative estimate of drug-likeness (QED) is 0.719. The van der Waals surface area contributed by atoms with Crippen LogP contribution < -0.4 is 5.32 Å². The third kappa shape index (κ3) is 4.01. The number of aromatic nitrogens is 2. The summed E-state index contributed by atoms with van der Waals surface area (Å²) in [6, 6.07) is 7.41. The van der Waals surface area contributed by atoms with Crippen LogP contribution in [0.25, 0.3) is 11.3 Å². The van der Waals surface area contributed by atoms with E-state index >= 15 is 0 Å². The van der Waals surface area contributed by atoms with E-state index in [1.54, 1.807) is 42.0 Å². The minimum atomic E-state index is -4.45. The van der Waals surface area contributed by atoms with Crippen LogP contribution in [-0.4, -0.2) is 45.8 Å². The molecule has 0 aromatic carbocycles. The molecular weight excluding hydrogens is 425 g/mol. The molecule has 0 saturated carbocycles. The molecule has 1 unspecified atom stereocenters. The predicted octanol–water partition coefficient (Wildman–Crippen LogP) is 4.08. The van der Waals surface area contributed by atoms with E-state index in [0.717, 1.165) is 28.5 Å². The van der Waals surface area contributed by atoms with Gasteiger partial charge in [-0.25, -0.2) is 4.99 Å². The van der Waals surface area contributed by atoms with Gasteiger partial charge in [-0.05, 0) is 30.0 Å². The molecule has 2 aliphatic heterocycles. The highest BCUT2D eigenvalue weighted by Gasteiger charge is 2.39. The maximum atomic E-state index is 13.1. The lowest BCUT2D eigenvalue weighted by atomic mass is 10.1. The number of nitrogens with zero attached hydrogens (tertiary/aromatic N) is 5. The lowest BCUT2D eigenvalue weighted by molar-refractivity contribution is -0.0890. The smallest absolute Gasteiger partial charge is 0.366 e. The van der Waals surface area contributed by atoms with Gasteiger partial charge in [0.25, 0.3) is 0 Å². The Balaban J connectivity index is 1.72. The zero-order chi connectivity index (χ0) is 22.2. The Morgan fingerprint density at radius 3 is 2.71 bits per heavy atom. The van der Waals surface area contributed by atoms with Gasteiger partial charge in [0.1, 0.15) is 17.9 Å². The summed E-state index contributed by atoms with van der Waals surface area (Å²) in [5, 5.41) is 11.7. The molecule has 0 radical (unpaired) electrons. The van der Waals surface area contributed by atoms with Gasteiger partial charge in [0.05, 0.1) is 22.5 Å². The van der Waals surface area contributed by atoms with Crippen LogP contribution in [0.2, 0.25) is 0 Å². The molecule has 1 N–H and O–H groups in total. The van der Waals surface area contributed by atoms with Gasteiger partial charge >= 0.3 is 6.18 Å². The highest BCUT2D eigenvalue weighted by Crippen LogP contribution is 2.35. The van der Waals surface area contributed by atoms with Gasteiger partial charge in [-0.2, -0.15) is 18.4 Å². The van der Waals surface area contributed by atoms with Gasteiger partial charge in [-0.15, -0.1) is 11.8 Å². The molecule has 6 nitrogen and oxygen atoms in total. The first kappa shape index (κ1) is 20.9. The van der Waals surface area contributed by atoms with Crippen LogP contribution in [0.5, 0.6) is 0 Å². The predicted molar refractivity (Wildman–Crippen MR) is 112 cm³/mol. The standard InChI is InChI=1S/C21H17F3N6S/c1-3-31-17-6-13(15-5-4-12(8-25)9-26-15)10-27-18(17)20-29-16-7-14(21(22,23)24)11-28-19(16)30(20)2/h4-7,9-11,19,28H,3H2,1-2H3. The van der Waals surface area contributed by atoms with Crippen molar-refractivity contribution in [2.75, 3.05) is 12.8 Å². The third-order valence-electron chi connectivity index (χ3n) is 4.82. The summed E-state index contributed by atoms with van der Waals surface area (Å²) in [5.74, 6) is 1.27. The molecule has 0 bridgehead atoms. The van der Waals surface area contributed by atoms with Crippen molar-refractivity contribution in [3.05, 3.63) is 65.4 Å². The van der Waals surface area contributed by atoms with Gasteiger partial charge in [-0.3, -0.25) is 9.97 Å². The van der Waals surface area contributed by atoms with Crippen LogP contribution in [0.3, 0.4) is 0 Å². The Kier molecular flexibility index (Phi) is 5.45. The number of likely N-dealkylation sites (N-methyl/N-ethyl adjacent to an activating group) is 1. The van der Waals surface area contributed by atoms with Crippen molar-refractivity contribution in [3.8, 4) is 17.3 Å². The molecule has 0 amide bonds. The van der Waals surface area contributed by atoms with Gasteiger partial charge in [0.2, 0.25) is 0 Å². The second-order valence-electron chi connectivity index (χ2n) is 6.83. The highest BCUT2D eigenvalue weighted by molar-refractivity contribution is 7.99. The normalized spacial score (nSPS) is 17.9. The number of rotatable bonds is 4. The number of allylic oxidation sites excluding steroid dienone is 2. The first-order chi connectivity index (χ1) is 14.8. The largest absolute Gasteiger partial charge is 0.417 e. The number of amidine groups is 1. The Bertz CT molecular complexity index is 1150. The Morgan fingerprint density at radius 1 is 1.26 bits per heavy atom. The van der Waals surface area contributed by atoms with Crippen molar-refractivity contribution < 1.29 is 13.2 Å². The van der Waals surface area contributed by atoms with Crippen molar-refractivity contribution in [1.29, 1.82) is 5.26 Å². The maximum absolute atomic E-state index is 13.1. The summed E-state index contributed by atoms with van der Waals surface area (Å²) in [7, 11) is 1.77. The molecule has 1 atom stereocenters. The van der Waals surface area contributed by atoms with Crippen molar-refractivity contribution in [1.82, 2.24) is 20.2 Å². The molecule has 0 aliphatic carbocycles. The summed E-state index contributed by atoms with van der Waals surface area (Å²) >= 11 is 1.56. The summed E-state index contributed by atoms with van der Waals surface area (Å²) < 4.78 is 39.2. The zero-order valence-corrected chi connectivity index (χ0v) is 17.4. The van der Waals surface area contributed by atoms with E-state index in [9.17, 15) is 13.2 Å². The van der Waals surface area contributed by atoms with E-state index < -0.39 is 17.9 Å². The summed E-state index contributed by atoms with van der Waals surface area (Å²) in [4.78, 5) is 16.0. The Morgan fingerprint density at radius 2 is 2.06 bits per heavy atom. The van der Waals surface area contributed by atoms with Crippen LogP contribution in [0.15, 0.2) is 64.0 Å². The topological polar surface area (TPSA) is 77.2 Å². The number of fused-ring (bicyclic) bond motifs is 1. The second kappa shape index (κ2) is 8.07. The molecule has 0 fully saturated rings. The average molecular weight is 442 g/mol. The number of dihydropyridines is 1. The first-order valence-corrected chi connectivity index (χ1v) is 10.4. The first-order valence-electron chi connectivity index (χ1n) is 9.38. The minimum absolute atomic E-state index is 0.291. The van der Waals surface area contributed by atoms with Crippen molar-refractivity contribution in [2.24, 2.45) is 4.99 Å². The van der Waals surface area contributed by atoms with Gasteiger partial charge in [-0.1, -0.05) is 6.92 Å². The van der Waals surface area contributed by atoms with E-state index in [0.29, 0.717) is 28.5 Å². The number of nitriles is 1. The number of hydrogen-bond acceptors (Lipinski definition) is 7. The molecular formula is C21H17F3N6S. The monoisotopic (exact) mass is 442 g/mol. The Hall–Kier alpha value is -3.32. The number of alkyl halides is 3. The second-order valence-corrected chi connectivity index (χ2v) is 8.14. The average Bonchev–Trinajstić information content (AvgIpc) is 3.09. The molecule has 4 rings (SSSR count). The van der Waals surface area contributed by atoms with E-state index in [2.05, 4.69) is 20.3 Å². The molecule has 0 spiro atoms. The van der Waals surface area contributed by atoms with E-state index in [-0.39, 0.29) is 0 Å². The minimum Gasteiger partial charge on any atom is -0.366 e. The van der Waals surface area contributed by atoms with Gasteiger partial charge in [0.15, 0.2) is 5.84 Å². The van der Waals surface area contributed by atoms with E-state index in [1.807, 2.05) is 19.1 Å². The maximum Gasteiger partial charge on any atom is 0.417 e. The molecule has 2 aliphatic rings. The number of pyridine rings is 2. The Labute approximate surface area is 181 Å². The fourth-order valence-electron chi connectivity index (χ4n) is 3.29. The van der Waals surface area contributed by atoms with E-state index in [4.69, 9.17) is 5.26 Å². The molecule has 2 aromatic heterocycles. The van der Waals surface area contributed by atoms with Crippen molar-refractivity contribution >= 4 is 17.6 Å². The number of hydrogen-bond donors (Lipinski definition) is 1. The van der Waals surface area contributed by atoms with E-state index in [1.165, 1.54) is 6.20 Å². The summed E-state index contributed by atoms with van der Waals surface area (Å²) in [5.41, 5.74) is 2.04. The summed E-state index contributed by atoms with van der Waals surface area (Å²) in [6.07, 6.45) is 0.257. The van der Waals surface area contributed by atoms with Crippen LogP contribution >= 0.6 is 11.8 Å². The molecule has 158 valence electrons. The lowest BCUT2D eigenvalue weighted by Gasteiger charge is -2.27. The lowest BCUT2D eigenvalue weighted by Crippen LogP contribution is -2.43. The molecule has 2 aromatic rings. The van der Waals surface area contributed by atoms with Crippen LogP contribution in [0, 0.1) is 11.3 Å². The third-order valence-corrected chi connectivity index (χ3v) is 5.73. The highest BCUT2D eigenvalue weighted by atomic mass is 32.2.